The summed E-state index contributed by atoms with van der Waals surface area (Å²) in [6.45, 7) is 3.70. The van der Waals surface area contributed by atoms with Gasteiger partial charge in [-0.15, -0.1) is 0 Å². The molecule has 3 heteroatoms. The number of aromatic nitrogens is 2. The summed E-state index contributed by atoms with van der Waals surface area (Å²) in [5, 5.41) is 9.48. The number of hydrogen-bond acceptors (Lipinski definition) is 3. The summed E-state index contributed by atoms with van der Waals surface area (Å²) in [4.78, 5) is 8.88. The minimum absolute atomic E-state index is 0.470. The van der Waals surface area contributed by atoms with E-state index in [1.165, 1.54) is 25.7 Å². The van der Waals surface area contributed by atoms with E-state index in [2.05, 4.69) is 9.97 Å². The van der Waals surface area contributed by atoms with Crippen molar-refractivity contribution in [3.8, 4) is 0 Å². The molecule has 1 aromatic heterocycles. The second kappa shape index (κ2) is 4.27. The first-order chi connectivity index (χ1) is 7.18. The van der Waals surface area contributed by atoms with Crippen LogP contribution in [0, 0.1) is 6.92 Å². The standard InChI is InChI=1S/C12H18N2O/c1-8-11(9(2)15)7-13-12(14-8)10-5-3-4-6-10/h7,9-10,15H,3-6H2,1-2H3/t9-/m0/s1. The number of aliphatic hydroxyl groups is 1. The van der Waals surface area contributed by atoms with Gasteiger partial charge in [0.05, 0.1) is 6.10 Å². The zero-order chi connectivity index (χ0) is 10.8. The van der Waals surface area contributed by atoms with Gasteiger partial charge in [-0.3, -0.25) is 0 Å². The van der Waals surface area contributed by atoms with Gasteiger partial charge in [-0.2, -0.15) is 0 Å². The topological polar surface area (TPSA) is 46.0 Å². The zero-order valence-corrected chi connectivity index (χ0v) is 9.40. The third-order valence-corrected chi connectivity index (χ3v) is 3.21. The number of aryl methyl sites for hydroxylation is 1. The molecule has 1 N–H and O–H groups in total. The van der Waals surface area contributed by atoms with Crippen molar-refractivity contribution in [2.45, 2.75) is 51.6 Å². The molecule has 15 heavy (non-hydrogen) atoms. The Balaban J connectivity index is 2.24. The molecule has 0 radical (unpaired) electrons. The van der Waals surface area contributed by atoms with Crippen LogP contribution < -0.4 is 0 Å². The molecule has 1 atom stereocenters. The van der Waals surface area contributed by atoms with Crippen LogP contribution in [0.1, 0.15) is 61.7 Å². The molecule has 3 nitrogen and oxygen atoms in total. The average Bonchev–Trinajstić information content (AvgIpc) is 2.69. The van der Waals surface area contributed by atoms with Gasteiger partial charge in [0.15, 0.2) is 0 Å². The van der Waals surface area contributed by atoms with Crippen LogP contribution in [0.5, 0.6) is 0 Å². The molecule has 0 bridgehead atoms. The molecule has 2 rings (SSSR count). The Hall–Kier alpha value is -0.960. The molecular formula is C12H18N2O. The third-order valence-electron chi connectivity index (χ3n) is 3.21. The van der Waals surface area contributed by atoms with Crippen LogP contribution in [0.2, 0.25) is 0 Å². The molecule has 1 heterocycles. The largest absolute Gasteiger partial charge is 0.389 e. The van der Waals surface area contributed by atoms with Crippen molar-refractivity contribution in [2.24, 2.45) is 0 Å². The van der Waals surface area contributed by atoms with Crippen LogP contribution in [-0.4, -0.2) is 15.1 Å². The third kappa shape index (κ3) is 2.17. The van der Waals surface area contributed by atoms with E-state index in [4.69, 9.17) is 0 Å². The van der Waals surface area contributed by atoms with Crippen LogP contribution in [0.3, 0.4) is 0 Å². The Morgan fingerprint density at radius 1 is 1.40 bits per heavy atom. The quantitative estimate of drug-likeness (QED) is 0.808. The monoisotopic (exact) mass is 206 g/mol. The van der Waals surface area contributed by atoms with E-state index >= 15 is 0 Å². The molecule has 0 aliphatic heterocycles. The summed E-state index contributed by atoms with van der Waals surface area (Å²) in [5.74, 6) is 1.51. The Kier molecular flexibility index (Phi) is 3.00. The molecule has 0 spiro atoms. The van der Waals surface area contributed by atoms with Gasteiger partial charge in [0.2, 0.25) is 0 Å². The predicted molar refractivity (Wildman–Crippen MR) is 58.6 cm³/mol. The van der Waals surface area contributed by atoms with Gasteiger partial charge in [-0.05, 0) is 26.7 Å². The number of hydrogen-bond donors (Lipinski definition) is 1. The smallest absolute Gasteiger partial charge is 0.131 e. The minimum atomic E-state index is -0.470. The van der Waals surface area contributed by atoms with E-state index in [9.17, 15) is 5.11 Å². The van der Waals surface area contributed by atoms with Gasteiger partial charge in [-0.1, -0.05) is 12.8 Å². The van der Waals surface area contributed by atoms with Crippen molar-refractivity contribution in [3.63, 3.8) is 0 Å². The molecule has 0 saturated heterocycles. The van der Waals surface area contributed by atoms with Crippen molar-refractivity contribution in [1.82, 2.24) is 9.97 Å². The van der Waals surface area contributed by atoms with Crippen molar-refractivity contribution >= 4 is 0 Å². The summed E-state index contributed by atoms with van der Waals surface area (Å²) in [6, 6.07) is 0. The van der Waals surface area contributed by atoms with E-state index in [1.807, 2.05) is 6.92 Å². The number of nitrogens with zero attached hydrogens (tertiary/aromatic N) is 2. The molecule has 1 fully saturated rings. The highest BCUT2D eigenvalue weighted by Crippen LogP contribution is 2.32. The summed E-state index contributed by atoms with van der Waals surface area (Å²) in [5.41, 5.74) is 1.76. The summed E-state index contributed by atoms with van der Waals surface area (Å²) in [6.07, 6.45) is 6.33. The highest BCUT2D eigenvalue weighted by molar-refractivity contribution is 5.19. The fourth-order valence-corrected chi connectivity index (χ4v) is 2.29. The molecule has 1 aliphatic carbocycles. The van der Waals surface area contributed by atoms with E-state index in [-0.39, 0.29) is 0 Å². The molecule has 1 aromatic rings. The molecule has 0 aromatic carbocycles. The highest BCUT2D eigenvalue weighted by Gasteiger charge is 2.20. The summed E-state index contributed by atoms with van der Waals surface area (Å²) < 4.78 is 0. The van der Waals surface area contributed by atoms with E-state index in [0.29, 0.717) is 5.92 Å². The van der Waals surface area contributed by atoms with Crippen LogP contribution in [-0.2, 0) is 0 Å². The predicted octanol–water partition coefficient (Wildman–Crippen LogP) is 2.50. The van der Waals surface area contributed by atoms with Gasteiger partial charge >= 0.3 is 0 Å². The molecule has 82 valence electrons. The lowest BCUT2D eigenvalue weighted by Gasteiger charge is -2.12. The minimum Gasteiger partial charge on any atom is -0.389 e. The first kappa shape index (κ1) is 10.6. The Bertz CT molecular complexity index is 343. The average molecular weight is 206 g/mol. The van der Waals surface area contributed by atoms with Gasteiger partial charge in [0.25, 0.3) is 0 Å². The first-order valence-electron chi connectivity index (χ1n) is 5.70. The van der Waals surface area contributed by atoms with Crippen molar-refractivity contribution in [2.75, 3.05) is 0 Å². The Morgan fingerprint density at radius 2 is 2.07 bits per heavy atom. The van der Waals surface area contributed by atoms with Crippen LogP contribution in [0.25, 0.3) is 0 Å². The van der Waals surface area contributed by atoms with E-state index in [0.717, 1.165) is 17.1 Å². The maximum Gasteiger partial charge on any atom is 0.131 e. The molecule has 0 amide bonds. The van der Waals surface area contributed by atoms with Crippen LogP contribution in [0.15, 0.2) is 6.20 Å². The van der Waals surface area contributed by atoms with E-state index < -0.39 is 6.10 Å². The maximum atomic E-state index is 9.48. The first-order valence-corrected chi connectivity index (χ1v) is 5.70. The number of aliphatic hydroxyl groups excluding tert-OH is 1. The maximum absolute atomic E-state index is 9.48. The fourth-order valence-electron chi connectivity index (χ4n) is 2.29. The lowest BCUT2D eigenvalue weighted by Crippen LogP contribution is -2.06. The lowest BCUT2D eigenvalue weighted by atomic mass is 10.1. The zero-order valence-electron chi connectivity index (χ0n) is 9.40. The van der Waals surface area contributed by atoms with Crippen molar-refractivity contribution in [3.05, 3.63) is 23.3 Å². The van der Waals surface area contributed by atoms with Crippen LogP contribution >= 0.6 is 0 Å². The molecular weight excluding hydrogens is 188 g/mol. The van der Waals surface area contributed by atoms with Crippen molar-refractivity contribution in [1.29, 1.82) is 0 Å². The molecule has 1 aliphatic rings. The second-order valence-corrected chi connectivity index (χ2v) is 4.43. The van der Waals surface area contributed by atoms with Crippen molar-refractivity contribution < 1.29 is 5.11 Å². The van der Waals surface area contributed by atoms with E-state index in [1.54, 1.807) is 13.1 Å². The summed E-state index contributed by atoms with van der Waals surface area (Å²) >= 11 is 0. The van der Waals surface area contributed by atoms with Gasteiger partial charge in [0.1, 0.15) is 5.82 Å². The lowest BCUT2D eigenvalue weighted by molar-refractivity contribution is 0.197. The number of rotatable bonds is 2. The van der Waals surface area contributed by atoms with Gasteiger partial charge in [-0.25, -0.2) is 9.97 Å². The van der Waals surface area contributed by atoms with Gasteiger partial charge < -0.3 is 5.11 Å². The summed E-state index contributed by atoms with van der Waals surface area (Å²) in [7, 11) is 0. The fraction of sp³-hybridized carbons (Fsp3) is 0.667. The highest BCUT2D eigenvalue weighted by atomic mass is 16.3. The second-order valence-electron chi connectivity index (χ2n) is 4.43. The molecule has 0 unspecified atom stereocenters. The Labute approximate surface area is 90.6 Å². The normalized spacial score (nSPS) is 19.4. The SMILES string of the molecule is Cc1nc(C2CCCC2)ncc1[C@H](C)O. The van der Waals surface area contributed by atoms with Gasteiger partial charge in [0, 0.05) is 23.4 Å². The molecule has 1 saturated carbocycles. The Morgan fingerprint density at radius 3 is 2.60 bits per heavy atom. The van der Waals surface area contributed by atoms with Crippen LogP contribution in [0.4, 0.5) is 0 Å².